The van der Waals surface area contributed by atoms with Gasteiger partial charge in [-0.3, -0.25) is 0 Å². The molecule has 0 spiro atoms. The first-order valence-electron chi connectivity index (χ1n) is 3.91. The van der Waals surface area contributed by atoms with Crippen molar-refractivity contribution in [3.63, 3.8) is 0 Å². The third-order valence-corrected chi connectivity index (χ3v) is 1.82. The van der Waals surface area contributed by atoms with Crippen LogP contribution in [0.4, 0.5) is 10.5 Å². The molecule has 0 aliphatic carbocycles. The Hall–Kier alpha value is -2.04. The second-order valence-corrected chi connectivity index (χ2v) is 2.77. The highest BCUT2D eigenvalue weighted by Gasteiger charge is 2.10. The van der Waals surface area contributed by atoms with Gasteiger partial charge < -0.3 is 16.2 Å². The molecule has 0 radical (unpaired) electrons. The van der Waals surface area contributed by atoms with Crippen LogP contribution in [0.15, 0.2) is 18.2 Å². The highest BCUT2D eigenvalue weighted by Crippen LogP contribution is 2.18. The van der Waals surface area contributed by atoms with Crippen LogP contribution in [0.2, 0.25) is 0 Å². The maximum atomic E-state index is 10.7. The number of carbonyl (C=O) groups is 2. The quantitative estimate of drug-likeness (QED) is 0.660. The lowest BCUT2D eigenvalue weighted by molar-refractivity contribution is 0.0696. The SMILES string of the molecule is Cc1c(NC(N)=O)cccc1C(=O)O. The number of anilines is 1. The van der Waals surface area contributed by atoms with Crippen LogP contribution in [0, 0.1) is 6.92 Å². The van der Waals surface area contributed by atoms with Gasteiger partial charge in [-0.25, -0.2) is 9.59 Å². The van der Waals surface area contributed by atoms with Crippen LogP contribution in [0.25, 0.3) is 0 Å². The van der Waals surface area contributed by atoms with Gasteiger partial charge in [0.05, 0.1) is 5.56 Å². The van der Waals surface area contributed by atoms with Gasteiger partial charge in [-0.2, -0.15) is 0 Å². The van der Waals surface area contributed by atoms with Gasteiger partial charge in [0.25, 0.3) is 0 Å². The van der Waals surface area contributed by atoms with Gasteiger partial charge in [-0.1, -0.05) is 6.07 Å². The Labute approximate surface area is 80.5 Å². The summed E-state index contributed by atoms with van der Waals surface area (Å²) in [4.78, 5) is 21.3. The zero-order valence-electron chi connectivity index (χ0n) is 7.57. The predicted molar refractivity (Wildman–Crippen MR) is 51.3 cm³/mol. The molecule has 1 aromatic carbocycles. The molecule has 0 aliphatic rings. The number of carbonyl (C=O) groups excluding carboxylic acids is 1. The van der Waals surface area contributed by atoms with E-state index >= 15 is 0 Å². The summed E-state index contributed by atoms with van der Waals surface area (Å²) in [5.41, 5.74) is 5.97. The summed E-state index contributed by atoms with van der Waals surface area (Å²) in [6, 6.07) is 3.88. The van der Waals surface area contributed by atoms with Gasteiger partial charge in [0.2, 0.25) is 0 Å². The number of carboxylic acid groups (broad SMARTS) is 1. The fourth-order valence-electron chi connectivity index (χ4n) is 1.14. The number of nitrogens with two attached hydrogens (primary N) is 1. The summed E-state index contributed by atoms with van der Waals surface area (Å²) < 4.78 is 0. The first-order valence-corrected chi connectivity index (χ1v) is 3.91. The Bertz CT molecular complexity index is 388. The molecule has 0 aromatic heterocycles. The van der Waals surface area contributed by atoms with E-state index in [2.05, 4.69) is 5.32 Å². The van der Waals surface area contributed by atoms with E-state index < -0.39 is 12.0 Å². The lowest BCUT2D eigenvalue weighted by Gasteiger charge is -2.07. The number of benzene rings is 1. The van der Waals surface area contributed by atoms with E-state index in [0.717, 1.165) is 0 Å². The number of nitrogens with one attached hydrogen (secondary N) is 1. The molecule has 0 aliphatic heterocycles. The van der Waals surface area contributed by atoms with Crippen LogP contribution in [0.1, 0.15) is 15.9 Å². The molecule has 0 bridgehead atoms. The van der Waals surface area contributed by atoms with Crippen molar-refractivity contribution in [2.24, 2.45) is 5.73 Å². The number of hydrogen-bond acceptors (Lipinski definition) is 2. The molecule has 4 N–H and O–H groups in total. The van der Waals surface area contributed by atoms with Gasteiger partial charge in [0, 0.05) is 5.69 Å². The molecule has 74 valence electrons. The van der Waals surface area contributed by atoms with Crippen molar-refractivity contribution in [1.29, 1.82) is 0 Å². The molecule has 0 fully saturated rings. The Balaban J connectivity index is 3.13. The summed E-state index contributed by atoms with van der Waals surface area (Å²) in [6.07, 6.45) is 0. The molecule has 14 heavy (non-hydrogen) atoms. The van der Waals surface area contributed by atoms with Crippen LogP contribution >= 0.6 is 0 Å². The van der Waals surface area contributed by atoms with Crippen LogP contribution < -0.4 is 11.1 Å². The summed E-state index contributed by atoms with van der Waals surface area (Å²) in [5, 5.41) is 11.1. The summed E-state index contributed by atoms with van der Waals surface area (Å²) in [6.45, 7) is 1.61. The Kier molecular flexibility index (Phi) is 2.71. The Morgan fingerprint density at radius 1 is 1.43 bits per heavy atom. The van der Waals surface area contributed by atoms with Crippen molar-refractivity contribution in [3.8, 4) is 0 Å². The van der Waals surface area contributed by atoms with E-state index in [9.17, 15) is 9.59 Å². The monoisotopic (exact) mass is 194 g/mol. The minimum atomic E-state index is -1.03. The fourth-order valence-corrected chi connectivity index (χ4v) is 1.14. The third-order valence-electron chi connectivity index (χ3n) is 1.82. The molecule has 5 nitrogen and oxygen atoms in total. The zero-order valence-corrected chi connectivity index (χ0v) is 7.57. The van der Waals surface area contributed by atoms with Crippen LogP contribution in [-0.4, -0.2) is 17.1 Å². The minimum Gasteiger partial charge on any atom is -0.478 e. The normalized spacial score (nSPS) is 9.50. The largest absolute Gasteiger partial charge is 0.478 e. The van der Waals surface area contributed by atoms with Gasteiger partial charge in [0.15, 0.2) is 0 Å². The maximum Gasteiger partial charge on any atom is 0.336 e. The van der Waals surface area contributed by atoms with E-state index in [1.54, 1.807) is 19.1 Å². The fraction of sp³-hybridized carbons (Fsp3) is 0.111. The minimum absolute atomic E-state index is 0.149. The van der Waals surface area contributed by atoms with Gasteiger partial charge >= 0.3 is 12.0 Å². The molecule has 0 unspecified atom stereocenters. The lowest BCUT2D eigenvalue weighted by Crippen LogP contribution is -2.20. The van der Waals surface area contributed by atoms with Gasteiger partial charge in [0.1, 0.15) is 0 Å². The molecular weight excluding hydrogens is 184 g/mol. The van der Waals surface area contributed by atoms with E-state index in [0.29, 0.717) is 11.3 Å². The summed E-state index contributed by atoms with van der Waals surface area (Å²) in [5.74, 6) is -1.03. The van der Waals surface area contributed by atoms with Gasteiger partial charge in [-0.15, -0.1) is 0 Å². The number of carboxylic acids is 1. The highest BCUT2D eigenvalue weighted by molar-refractivity contribution is 5.94. The molecule has 0 saturated carbocycles. The second-order valence-electron chi connectivity index (χ2n) is 2.77. The number of aromatic carboxylic acids is 1. The van der Waals surface area contributed by atoms with Crippen LogP contribution in [-0.2, 0) is 0 Å². The topological polar surface area (TPSA) is 92.4 Å². The molecule has 0 atom stereocenters. The van der Waals surface area contributed by atoms with Crippen LogP contribution in [0.3, 0.4) is 0 Å². The first kappa shape index (κ1) is 10.0. The second kappa shape index (κ2) is 3.78. The van der Waals surface area contributed by atoms with Crippen molar-refractivity contribution in [1.82, 2.24) is 0 Å². The average Bonchev–Trinajstić information content (AvgIpc) is 2.07. The smallest absolute Gasteiger partial charge is 0.336 e. The standard InChI is InChI=1S/C9H10N2O3/c1-5-6(8(12)13)3-2-4-7(5)11-9(10)14/h2-4H,1H3,(H,12,13)(H3,10,11,14). The number of rotatable bonds is 2. The van der Waals surface area contributed by atoms with Crippen molar-refractivity contribution in [3.05, 3.63) is 29.3 Å². The molecule has 0 saturated heterocycles. The van der Waals surface area contributed by atoms with E-state index in [-0.39, 0.29) is 5.56 Å². The molecule has 1 rings (SSSR count). The summed E-state index contributed by atoms with van der Waals surface area (Å²) >= 11 is 0. The molecule has 1 aromatic rings. The van der Waals surface area contributed by atoms with E-state index in [1.165, 1.54) is 6.07 Å². The maximum absolute atomic E-state index is 10.7. The van der Waals surface area contributed by atoms with Crippen molar-refractivity contribution < 1.29 is 14.7 Å². The summed E-state index contributed by atoms with van der Waals surface area (Å²) in [7, 11) is 0. The first-order chi connectivity index (χ1) is 6.52. The van der Waals surface area contributed by atoms with Crippen molar-refractivity contribution in [2.75, 3.05) is 5.32 Å². The molecule has 0 heterocycles. The predicted octanol–water partition coefficient (Wildman–Crippen LogP) is 1.18. The molecule has 2 amide bonds. The number of hydrogen-bond donors (Lipinski definition) is 3. The van der Waals surface area contributed by atoms with Gasteiger partial charge in [-0.05, 0) is 24.6 Å². The van der Waals surface area contributed by atoms with E-state index in [4.69, 9.17) is 10.8 Å². The third kappa shape index (κ3) is 2.01. The van der Waals surface area contributed by atoms with Crippen molar-refractivity contribution in [2.45, 2.75) is 6.92 Å². The number of amides is 2. The lowest BCUT2D eigenvalue weighted by atomic mass is 10.1. The zero-order chi connectivity index (χ0) is 10.7. The molecule has 5 heteroatoms. The molecular formula is C9H10N2O3. The number of urea groups is 1. The van der Waals surface area contributed by atoms with Crippen LogP contribution in [0.5, 0.6) is 0 Å². The number of primary amides is 1. The average molecular weight is 194 g/mol. The van der Waals surface area contributed by atoms with Crippen molar-refractivity contribution >= 4 is 17.7 Å². The Morgan fingerprint density at radius 3 is 2.57 bits per heavy atom. The highest BCUT2D eigenvalue weighted by atomic mass is 16.4. The Morgan fingerprint density at radius 2 is 2.07 bits per heavy atom. The van der Waals surface area contributed by atoms with E-state index in [1.807, 2.05) is 0 Å².